The first-order valence-electron chi connectivity index (χ1n) is 6.17. The maximum atomic E-state index is 5.84. The van der Waals surface area contributed by atoms with Crippen molar-refractivity contribution in [1.29, 1.82) is 0 Å². The predicted molar refractivity (Wildman–Crippen MR) is 71.7 cm³/mol. The number of nitrogens with one attached hydrogen (secondary N) is 1. The molecule has 0 aliphatic carbocycles. The van der Waals surface area contributed by atoms with Crippen molar-refractivity contribution in [3.05, 3.63) is 36.4 Å². The van der Waals surface area contributed by atoms with Crippen LogP contribution in [0.15, 0.2) is 36.4 Å². The summed E-state index contributed by atoms with van der Waals surface area (Å²) in [6.07, 6.45) is 0. The van der Waals surface area contributed by atoms with Gasteiger partial charge in [0.1, 0.15) is 12.4 Å². The molecule has 0 radical (unpaired) electrons. The van der Waals surface area contributed by atoms with Gasteiger partial charge in [0, 0.05) is 5.39 Å². The Labute approximate surface area is 102 Å². The lowest BCUT2D eigenvalue weighted by atomic mass is 10.0. The summed E-state index contributed by atoms with van der Waals surface area (Å²) in [6, 6.07) is 13.0. The van der Waals surface area contributed by atoms with Crippen molar-refractivity contribution >= 4 is 16.5 Å². The summed E-state index contributed by atoms with van der Waals surface area (Å²) in [5, 5.41) is 6.12. The zero-order valence-electron chi connectivity index (χ0n) is 10.2. The van der Waals surface area contributed by atoms with E-state index in [1.165, 1.54) is 10.8 Å². The molecule has 0 saturated carbocycles. The van der Waals surface area contributed by atoms with Crippen molar-refractivity contribution in [1.82, 2.24) is 0 Å². The third-order valence-electron chi connectivity index (χ3n) is 3.44. The van der Waals surface area contributed by atoms with Crippen LogP contribution in [0.5, 0.6) is 5.75 Å². The van der Waals surface area contributed by atoms with Gasteiger partial charge in [-0.15, -0.1) is 0 Å². The van der Waals surface area contributed by atoms with Crippen LogP contribution in [-0.4, -0.2) is 12.6 Å². The van der Waals surface area contributed by atoms with Crippen LogP contribution < -0.4 is 10.1 Å². The van der Waals surface area contributed by atoms with E-state index in [-0.39, 0.29) is 0 Å². The number of hydrogen-bond acceptors (Lipinski definition) is 2. The average molecular weight is 227 g/mol. The van der Waals surface area contributed by atoms with Crippen molar-refractivity contribution in [2.75, 3.05) is 11.9 Å². The maximum absolute atomic E-state index is 5.84. The van der Waals surface area contributed by atoms with Crippen molar-refractivity contribution in [3.63, 3.8) is 0 Å². The Morgan fingerprint density at radius 1 is 1.18 bits per heavy atom. The second kappa shape index (κ2) is 3.95. The molecule has 2 aromatic rings. The van der Waals surface area contributed by atoms with Crippen LogP contribution in [0.1, 0.15) is 13.8 Å². The molecular weight excluding hydrogens is 210 g/mol. The number of benzene rings is 2. The van der Waals surface area contributed by atoms with Gasteiger partial charge in [0.05, 0.1) is 11.7 Å². The molecule has 0 fully saturated rings. The van der Waals surface area contributed by atoms with Gasteiger partial charge in [-0.25, -0.2) is 0 Å². The summed E-state index contributed by atoms with van der Waals surface area (Å²) in [4.78, 5) is 0. The highest BCUT2D eigenvalue weighted by molar-refractivity contribution is 5.97. The molecule has 2 heteroatoms. The van der Waals surface area contributed by atoms with Crippen LogP contribution in [0.4, 0.5) is 5.69 Å². The molecule has 1 aliphatic rings. The van der Waals surface area contributed by atoms with E-state index in [0.717, 1.165) is 18.0 Å². The zero-order chi connectivity index (χ0) is 11.8. The Morgan fingerprint density at radius 3 is 2.82 bits per heavy atom. The zero-order valence-corrected chi connectivity index (χ0v) is 10.2. The summed E-state index contributed by atoms with van der Waals surface area (Å²) in [5.74, 6) is 1.54. The van der Waals surface area contributed by atoms with E-state index in [1.807, 2.05) is 0 Å². The lowest BCUT2D eigenvalue weighted by Crippen LogP contribution is -2.35. The van der Waals surface area contributed by atoms with Gasteiger partial charge in [-0.05, 0) is 17.4 Å². The molecule has 0 saturated heterocycles. The second-order valence-corrected chi connectivity index (χ2v) is 4.97. The lowest BCUT2D eigenvalue weighted by Gasteiger charge is -2.30. The van der Waals surface area contributed by atoms with E-state index in [0.29, 0.717) is 12.0 Å². The van der Waals surface area contributed by atoms with Crippen molar-refractivity contribution in [2.45, 2.75) is 19.9 Å². The van der Waals surface area contributed by atoms with Crippen LogP contribution in [0.3, 0.4) is 0 Å². The van der Waals surface area contributed by atoms with Gasteiger partial charge in [-0.2, -0.15) is 0 Å². The monoisotopic (exact) mass is 227 g/mol. The highest BCUT2D eigenvalue weighted by atomic mass is 16.5. The maximum Gasteiger partial charge on any atom is 0.143 e. The number of fused-ring (bicyclic) bond motifs is 3. The fourth-order valence-corrected chi connectivity index (χ4v) is 2.29. The van der Waals surface area contributed by atoms with Crippen LogP contribution in [-0.2, 0) is 0 Å². The smallest absolute Gasteiger partial charge is 0.143 e. The van der Waals surface area contributed by atoms with Gasteiger partial charge >= 0.3 is 0 Å². The predicted octanol–water partition coefficient (Wildman–Crippen LogP) is 3.67. The third kappa shape index (κ3) is 1.74. The standard InChI is InChI=1S/C15H17NO/c1-10(2)13-9-17-14-8-7-11-5-3-4-6-12(11)15(14)16-13/h3-8,10,13,16H,9H2,1-2H3. The van der Waals surface area contributed by atoms with Gasteiger partial charge in [-0.1, -0.05) is 44.2 Å². The Kier molecular flexibility index (Phi) is 2.43. The molecule has 0 amide bonds. The first kappa shape index (κ1) is 10.5. The first-order valence-corrected chi connectivity index (χ1v) is 6.17. The van der Waals surface area contributed by atoms with E-state index in [4.69, 9.17) is 4.74 Å². The molecule has 0 spiro atoms. The molecular formula is C15H17NO. The molecule has 3 rings (SSSR count). The molecule has 1 heterocycles. The quantitative estimate of drug-likeness (QED) is 0.802. The van der Waals surface area contributed by atoms with E-state index in [2.05, 4.69) is 55.6 Å². The summed E-state index contributed by atoms with van der Waals surface area (Å²) in [6.45, 7) is 5.19. The fourth-order valence-electron chi connectivity index (χ4n) is 2.29. The summed E-state index contributed by atoms with van der Waals surface area (Å²) >= 11 is 0. The van der Waals surface area contributed by atoms with Gasteiger partial charge in [0.15, 0.2) is 0 Å². The highest BCUT2D eigenvalue weighted by Crippen LogP contribution is 2.37. The van der Waals surface area contributed by atoms with Crippen molar-refractivity contribution in [3.8, 4) is 5.75 Å². The molecule has 88 valence electrons. The van der Waals surface area contributed by atoms with E-state index >= 15 is 0 Å². The first-order chi connectivity index (χ1) is 8.25. The SMILES string of the molecule is CC(C)C1COc2ccc3ccccc3c2N1. The molecule has 1 aliphatic heterocycles. The number of ether oxygens (including phenoxy) is 1. The Balaban J connectivity index is 2.12. The normalized spacial score (nSPS) is 18.6. The Morgan fingerprint density at radius 2 is 2.00 bits per heavy atom. The topological polar surface area (TPSA) is 21.3 Å². The summed E-state index contributed by atoms with van der Waals surface area (Å²) < 4.78 is 5.84. The molecule has 1 unspecified atom stereocenters. The van der Waals surface area contributed by atoms with Gasteiger partial charge in [-0.3, -0.25) is 0 Å². The van der Waals surface area contributed by atoms with Crippen LogP contribution in [0, 0.1) is 5.92 Å². The molecule has 2 aromatic carbocycles. The average Bonchev–Trinajstić information content (AvgIpc) is 2.38. The summed E-state index contributed by atoms with van der Waals surface area (Å²) in [5.41, 5.74) is 1.15. The Bertz CT molecular complexity index is 548. The fraction of sp³-hybridized carbons (Fsp3) is 0.333. The number of anilines is 1. The van der Waals surface area contributed by atoms with Crippen LogP contribution in [0.2, 0.25) is 0 Å². The minimum Gasteiger partial charge on any atom is -0.489 e. The van der Waals surface area contributed by atoms with Crippen molar-refractivity contribution in [2.24, 2.45) is 5.92 Å². The van der Waals surface area contributed by atoms with Crippen LogP contribution >= 0.6 is 0 Å². The minimum absolute atomic E-state index is 0.397. The highest BCUT2D eigenvalue weighted by Gasteiger charge is 2.22. The molecule has 1 N–H and O–H groups in total. The van der Waals surface area contributed by atoms with E-state index in [9.17, 15) is 0 Å². The summed E-state index contributed by atoms with van der Waals surface area (Å²) in [7, 11) is 0. The minimum atomic E-state index is 0.397. The largest absolute Gasteiger partial charge is 0.489 e. The Hall–Kier alpha value is -1.70. The number of rotatable bonds is 1. The van der Waals surface area contributed by atoms with E-state index < -0.39 is 0 Å². The molecule has 2 nitrogen and oxygen atoms in total. The number of hydrogen-bond donors (Lipinski definition) is 1. The van der Waals surface area contributed by atoms with Gasteiger partial charge in [0.25, 0.3) is 0 Å². The molecule has 17 heavy (non-hydrogen) atoms. The van der Waals surface area contributed by atoms with Gasteiger partial charge in [0.2, 0.25) is 0 Å². The van der Waals surface area contributed by atoms with Crippen molar-refractivity contribution < 1.29 is 4.74 Å². The van der Waals surface area contributed by atoms with E-state index in [1.54, 1.807) is 0 Å². The molecule has 0 aromatic heterocycles. The molecule has 1 atom stereocenters. The van der Waals surface area contributed by atoms with Gasteiger partial charge < -0.3 is 10.1 Å². The molecule has 0 bridgehead atoms. The van der Waals surface area contributed by atoms with Crippen LogP contribution in [0.25, 0.3) is 10.8 Å². The lowest BCUT2D eigenvalue weighted by molar-refractivity contribution is 0.258. The second-order valence-electron chi connectivity index (χ2n) is 4.97. The third-order valence-corrected chi connectivity index (χ3v) is 3.44.